The molecule has 0 unspecified atom stereocenters. The number of anilines is 1. The molecule has 0 spiro atoms. The zero-order valence-corrected chi connectivity index (χ0v) is 13.5. The van der Waals surface area contributed by atoms with Crippen LogP contribution >= 0.6 is 0 Å². The highest BCUT2D eigenvalue weighted by molar-refractivity contribution is 5.91. The number of hydrogen-bond acceptors (Lipinski definition) is 4. The number of nitro benzene ring substituents is 1. The Morgan fingerprint density at radius 2 is 1.88 bits per heavy atom. The lowest BCUT2D eigenvalue weighted by atomic mass is 10.1. The summed E-state index contributed by atoms with van der Waals surface area (Å²) >= 11 is 0. The average molecular weight is 328 g/mol. The van der Waals surface area contributed by atoms with Gasteiger partial charge in [-0.3, -0.25) is 14.9 Å². The Labute approximate surface area is 140 Å². The van der Waals surface area contributed by atoms with Crippen LogP contribution in [-0.2, 0) is 11.2 Å². The minimum Gasteiger partial charge on any atom is -0.487 e. The van der Waals surface area contributed by atoms with Gasteiger partial charge in [0.15, 0.2) is 5.75 Å². The molecule has 6 heteroatoms. The lowest BCUT2D eigenvalue weighted by Gasteiger charge is -2.10. The van der Waals surface area contributed by atoms with Gasteiger partial charge < -0.3 is 10.1 Å². The van der Waals surface area contributed by atoms with Crippen molar-refractivity contribution in [2.24, 2.45) is 0 Å². The van der Waals surface area contributed by atoms with E-state index in [2.05, 4.69) is 5.32 Å². The number of aryl methyl sites for hydroxylation is 1. The van der Waals surface area contributed by atoms with Crippen LogP contribution in [-0.4, -0.2) is 17.4 Å². The smallest absolute Gasteiger partial charge is 0.310 e. The summed E-state index contributed by atoms with van der Waals surface area (Å²) in [5.41, 5.74) is 1.84. The minimum absolute atomic E-state index is 0.0705. The van der Waals surface area contributed by atoms with Crippen LogP contribution in [0, 0.1) is 10.1 Å². The Kier molecular flexibility index (Phi) is 6.31. The number of carbonyl (C=O) groups is 1. The lowest BCUT2D eigenvalue weighted by molar-refractivity contribution is -0.385. The van der Waals surface area contributed by atoms with Crippen molar-refractivity contribution in [3.8, 4) is 5.75 Å². The first-order valence-electron chi connectivity index (χ1n) is 7.85. The standard InChI is InChI=1S/C18H20N2O4/c1-2-14-8-3-4-9-15(14)19-18(21)12-7-13-24-17-11-6-5-10-16(17)20(22)23/h3-6,8-11H,2,7,12-13H2,1H3,(H,19,21). The first kappa shape index (κ1) is 17.5. The van der Waals surface area contributed by atoms with Crippen LogP contribution in [0.25, 0.3) is 0 Å². The molecule has 1 N–H and O–H groups in total. The van der Waals surface area contributed by atoms with Crippen LogP contribution in [0.3, 0.4) is 0 Å². The highest BCUT2D eigenvalue weighted by atomic mass is 16.6. The number of amides is 1. The number of carbonyl (C=O) groups excluding carboxylic acids is 1. The zero-order chi connectivity index (χ0) is 17.4. The molecule has 2 aromatic rings. The predicted octanol–water partition coefficient (Wildman–Crippen LogP) is 3.95. The molecule has 6 nitrogen and oxygen atoms in total. The number of nitro groups is 1. The van der Waals surface area contributed by atoms with Crippen LogP contribution in [0.1, 0.15) is 25.3 Å². The van der Waals surface area contributed by atoms with Gasteiger partial charge in [-0.25, -0.2) is 0 Å². The van der Waals surface area contributed by atoms with Crippen molar-refractivity contribution in [2.45, 2.75) is 26.2 Å². The molecule has 0 aliphatic carbocycles. The zero-order valence-electron chi connectivity index (χ0n) is 13.5. The Morgan fingerprint density at radius 1 is 1.17 bits per heavy atom. The van der Waals surface area contributed by atoms with Crippen molar-refractivity contribution in [2.75, 3.05) is 11.9 Å². The van der Waals surface area contributed by atoms with Crippen molar-refractivity contribution in [3.63, 3.8) is 0 Å². The second kappa shape index (κ2) is 8.67. The van der Waals surface area contributed by atoms with Crippen molar-refractivity contribution in [3.05, 3.63) is 64.2 Å². The number of hydrogen-bond donors (Lipinski definition) is 1. The molecule has 0 aliphatic heterocycles. The van der Waals surface area contributed by atoms with Gasteiger partial charge in [-0.1, -0.05) is 37.3 Å². The number of ether oxygens (including phenoxy) is 1. The Balaban J connectivity index is 1.80. The largest absolute Gasteiger partial charge is 0.487 e. The summed E-state index contributed by atoms with van der Waals surface area (Å²) in [6, 6.07) is 13.9. The first-order chi connectivity index (χ1) is 11.6. The van der Waals surface area contributed by atoms with Crippen molar-refractivity contribution in [1.29, 1.82) is 0 Å². The molecule has 0 heterocycles. The van der Waals surface area contributed by atoms with Crippen molar-refractivity contribution >= 4 is 17.3 Å². The molecule has 0 saturated carbocycles. The SMILES string of the molecule is CCc1ccccc1NC(=O)CCCOc1ccccc1[N+](=O)[O-]. The molecule has 0 saturated heterocycles. The second-order valence-corrected chi connectivity index (χ2v) is 5.24. The Hall–Kier alpha value is -2.89. The van der Waals surface area contributed by atoms with E-state index in [0.717, 1.165) is 17.7 Å². The molecular formula is C18H20N2O4. The normalized spacial score (nSPS) is 10.2. The number of benzene rings is 2. The van der Waals surface area contributed by atoms with Crippen molar-refractivity contribution in [1.82, 2.24) is 0 Å². The summed E-state index contributed by atoms with van der Waals surface area (Å²) in [5.74, 6) is 0.126. The fraction of sp³-hybridized carbons (Fsp3) is 0.278. The lowest BCUT2D eigenvalue weighted by Crippen LogP contribution is -2.14. The van der Waals surface area contributed by atoms with E-state index in [1.54, 1.807) is 18.2 Å². The Morgan fingerprint density at radius 3 is 2.62 bits per heavy atom. The van der Waals surface area contributed by atoms with E-state index in [9.17, 15) is 14.9 Å². The third-order valence-electron chi connectivity index (χ3n) is 3.54. The molecule has 126 valence electrons. The van der Waals surface area contributed by atoms with Gasteiger partial charge in [0.05, 0.1) is 11.5 Å². The van der Waals surface area contributed by atoms with Gasteiger partial charge in [0.25, 0.3) is 0 Å². The highest BCUT2D eigenvalue weighted by Gasteiger charge is 2.13. The quantitative estimate of drug-likeness (QED) is 0.452. The topological polar surface area (TPSA) is 81.5 Å². The van der Waals surface area contributed by atoms with Crippen LogP contribution in [0.2, 0.25) is 0 Å². The van der Waals surface area contributed by atoms with Gasteiger partial charge in [0.1, 0.15) is 0 Å². The van der Waals surface area contributed by atoms with Gasteiger partial charge in [-0.2, -0.15) is 0 Å². The monoisotopic (exact) mass is 328 g/mol. The number of para-hydroxylation sites is 3. The van der Waals surface area contributed by atoms with E-state index in [1.165, 1.54) is 6.07 Å². The number of nitrogens with zero attached hydrogens (tertiary/aromatic N) is 1. The van der Waals surface area contributed by atoms with Crippen LogP contribution in [0.4, 0.5) is 11.4 Å². The van der Waals surface area contributed by atoms with E-state index in [1.807, 2.05) is 31.2 Å². The van der Waals surface area contributed by atoms with Gasteiger partial charge in [-0.15, -0.1) is 0 Å². The molecule has 0 aromatic heterocycles. The summed E-state index contributed by atoms with van der Waals surface area (Å²) < 4.78 is 5.42. The first-order valence-corrected chi connectivity index (χ1v) is 7.85. The van der Waals surface area contributed by atoms with Crippen molar-refractivity contribution < 1.29 is 14.5 Å². The third kappa shape index (κ3) is 4.81. The summed E-state index contributed by atoms with van der Waals surface area (Å²) in [6.07, 6.45) is 1.61. The van der Waals surface area contributed by atoms with Crippen LogP contribution in [0.5, 0.6) is 5.75 Å². The predicted molar refractivity (Wildman–Crippen MR) is 92.3 cm³/mol. The fourth-order valence-electron chi connectivity index (χ4n) is 2.31. The summed E-state index contributed by atoms with van der Waals surface area (Å²) in [4.78, 5) is 22.4. The fourth-order valence-corrected chi connectivity index (χ4v) is 2.31. The molecule has 2 aromatic carbocycles. The maximum Gasteiger partial charge on any atom is 0.310 e. The van der Waals surface area contributed by atoms with Gasteiger partial charge in [0, 0.05) is 18.2 Å². The molecule has 0 fully saturated rings. The molecule has 0 radical (unpaired) electrons. The molecule has 24 heavy (non-hydrogen) atoms. The average Bonchev–Trinajstić information content (AvgIpc) is 2.59. The van der Waals surface area contributed by atoms with E-state index in [4.69, 9.17) is 4.74 Å². The molecule has 1 amide bonds. The molecule has 0 atom stereocenters. The number of nitrogens with one attached hydrogen (secondary N) is 1. The molecular weight excluding hydrogens is 308 g/mol. The van der Waals surface area contributed by atoms with Gasteiger partial charge in [-0.05, 0) is 30.5 Å². The number of rotatable bonds is 8. The Bertz CT molecular complexity index is 716. The van der Waals surface area contributed by atoms with Gasteiger partial charge in [0.2, 0.25) is 5.91 Å². The highest BCUT2D eigenvalue weighted by Crippen LogP contribution is 2.25. The van der Waals surface area contributed by atoms with E-state index >= 15 is 0 Å². The third-order valence-corrected chi connectivity index (χ3v) is 3.54. The molecule has 0 bridgehead atoms. The summed E-state index contributed by atoms with van der Waals surface area (Å²) in [5, 5.41) is 13.8. The minimum atomic E-state index is -0.482. The van der Waals surface area contributed by atoms with Crippen LogP contribution in [0.15, 0.2) is 48.5 Å². The van der Waals surface area contributed by atoms with E-state index < -0.39 is 4.92 Å². The van der Waals surface area contributed by atoms with Gasteiger partial charge >= 0.3 is 5.69 Å². The maximum atomic E-state index is 12.0. The maximum absolute atomic E-state index is 12.0. The molecule has 0 aliphatic rings. The second-order valence-electron chi connectivity index (χ2n) is 5.24. The summed E-state index contributed by atoms with van der Waals surface area (Å²) in [6.45, 7) is 2.28. The van der Waals surface area contributed by atoms with E-state index in [-0.39, 0.29) is 24.0 Å². The van der Waals surface area contributed by atoms with E-state index in [0.29, 0.717) is 12.8 Å². The summed E-state index contributed by atoms with van der Waals surface area (Å²) in [7, 11) is 0. The molecule has 2 rings (SSSR count). The van der Waals surface area contributed by atoms with Crippen LogP contribution < -0.4 is 10.1 Å².